The van der Waals surface area contributed by atoms with Crippen LogP contribution in [-0.4, -0.2) is 13.4 Å². The van der Waals surface area contributed by atoms with Crippen molar-refractivity contribution in [3.05, 3.63) is 51.6 Å². The molecule has 0 amide bonds. The van der Waals surface area contributed by atoms with Crippen LogP contribution in [0.15, 0.2) is 46.0 Å². The molecular formula is C12H11BrClN3O2S. The van der Waals surface area contributed by atoms with Crippen molar-refractivity contribution in [1.29, 1.82) is 0 Å². The van der Waals surface area contributed by atoms with Crippen LogP contribution in [0.3, 0.4) is 0 Å². The Kier molecular flexibility index (Phi) is 4.64. The standard InChI is InChI=1S/C12H11BrClN3O2S/c13-12-9(14)2-1-3-10(12)17-20(18,19)11-5-4-8(6-15)7-16-11/h1-5,7,17H,6,15H2. The highest BCUT2D eigenvalue weighted by Crippen LogP contribution is 2.31. The van der Waals surface area contributed by atoms with E-state index < -0.39 is 10.0 Å². The number of hydrogen-bond donors (Lipinski definition) is 2. The van der Waals surface area contributed by atoms with Crippen molar-refractivity contribution in [2.45, 2.75) is 11.6 Å². The molecular weight excluding hydrogens is 366 g/mol. The van der Waals surface area contributed by atoms with Crippen LogP contribution in [0.2, 0.25) is 5.02 Å². The first kappa shape index (κ1) is 15.2. The van der Waals surface area contributed by atoms with Gasteiger partial charge in [-0.1, -0.05) is 23.7 Å². The van der Waals surface area contributed by atoms with E-state index in [-0.39, 0.29) is 5.03 Å². The minimum Gasteiger partial charge on any atom is -0.326 e. The monoisotopic (exact) mass is 375 g/mol. The maximum Gasteiger partial charge on any atom is 0.279 e. The fourth-order valence-electron chi connectivity index (χ4n) is 1.47. The van der Waals surface area contributed by atoms with Gasteiger partial charge in [-0.3, -0.25) is 4.72 Å². The van der Waals surface area contributed by atoms with E-state index >= 15 is 0 Å². The Hall–Kier alpha value is -1.15. The second-order valence-corrected chi connectivity index (χ2v) is 6.75. The summed E-state index contributed by atoms with van der Waals surface area (Å²) in [7, 11) is -3.77. The highest BCUT2D eigenvalue weighted by Gasteiger charge is 2.17. The van der Waals surface area contributed by atoms with Gasteiger partial charge < -0.3 is 5.73 Å². The Labute approximate surface area is 130 Å². The van der Waals surface area contributed by atoms with Crippen LogP contribution in [0.25, 0.3) is 0 Å². The summed E-state index contributed by atoms with van der Waals surface area (Å²) in [6.07, 6.45) is 1.43. The minimum atomic E-state index is -3.77. The van der Waals surface area contributed by atoms with Crippen LogP contribution in [0.1, 0.15) is 5.56 Å². The number of halogens is 2. The molecule has 0 aliphatic heterocycles. The lowest BCUT2D eigenvalue weighted by atomic mass is 10.3. The molecule has 106 valence electrons. The highest BCUT2D eigenvalue weighted by molar-refractivity contribution is 9.10. The number of pyridine rings is 1. The highest BCUT2D eigenvalue weighted by atomic mass is 79.9. The zero-order valence-corrected chi connectivity index (χ0v) is 13.3. The summed E-state index contributed by atoms with van der Waals surface area (Å²) in [5.41, 5.74) is 6.55. The largest absolute Gasteiger partial charge is 0.326 e. The van der Waals surface area contributed by atoms with E-state index in [1.807, 2.05) is 0 Å². The van der Waals surface area contributed by atoms with E-state index in [0.29, 0.717) is 21.7 Å². The average molecular weight is 377 g/mol. The number of hydrogen-bond acceptors (Lipinski definition) is 4. The van der Waals surface area contributed by atoms with Crippen molar-refractivity contribution < 1.29 is 8.42 Å². The smallest absolute Gasteiger partial charge is 0.279 e. The maximum atomic E-state index is 12.2. The molecule has 1 heterocycles. The van der Waals surface area contributed by atoms with Gasteiger partial charge in [0.1, 0.15) is 0 Å². The van der Waals surface area contributed by atoms with Gasteiger partial charge in [0.25, 0.3) is 10.0 Å². The molecule has 0 aliphatic carbocycles. The lowest BCUT2D eigenvalue weighted by molar-refractivity contribution is 0.597. The van der Waals surface area contributed by atoms with Crippen LogP contribution >= 0.6 is 27.5 Å². The van der Waals surface area contributed by atoms with Crippen molar-refractivity contribution in [1.82, 2.24) is 4.98 Å². The first-order valence-corrected chi connectivity index (χ1v) is 8.21. The molecule has 0 saturated heterocycles. The fourth-order valence-corrected chi connectivity index (χ4v) is 3.14. The number of sulfonamides is 1. The Balaban J connectivity index is 2.33. The fraction of sp³-hybridized carbons (Fsp3) is 0.0833. The van der Waals surface area contributed by atoms with E-state index in [0.717, 1.165) is 5.56 Å². The summed E-state index contributed by atoms with van der Waals surface area (Å²) in [6.45, 7) is 0.306. The van der Waals surface area contributed by atoms with Crippen molar-refractivity contribution in [2.24, 2.45) is 5.73 Å². The van der Waals surface area contributed by atoms with E-state index in [1.54, 1.807) is 24.3 Å². The number of anilines is 1. The third-order valence-electron chi connectivity index (χ3n) is 2.50. The molecule has 0 spiro atoms. The van der Waals surface area contributed by atoms with Gasteiger partial charge in [0, 0.05) is 12.7 Å². The van der Waals surface area contributed by atoms with Gasteiger partial charge >= 0.3 is 0 Å². The summed E-state index contributed by atoms with van der Waals surface area (Å²) in [5, 5.41) is 0.332. The second-order valence-electron chi connectivity index (χ2n) is 3.92. The Morgan fingerprint density at radius 3 is 2.65 bits per heavy atom. The van der Waals surface area contributed by atoms with E-state index in [2.05, 4.69) is 25.6 Å². The summed E-state index contributed by atoms with van der Waals surface area (Å²) < 4.78 is 27.3. The number of nitrogens with zero attached hydrogens (tertiary/aromatic N) is 1. The number of aromatic nitrogens is 1. The molecule has 2 rings (SSSR count). The summed E-state index contributed by atoms with van der Waals surface area (Å²) in [6, 6.07) is 7.92. The van der Waals surface area contributed by atoms with Crippen molar-refractivity contribution in [3.63, 3.8) is 0 Å². The Morgan fingerprint density at radius 2 is 2.05 bits per heavy atom. The predicted octanol–water partition coefficient (Wildman–Crippen LogP) is 2.76. The van der Waals surface area contributed by atoms with Gasteiger partial charge in [-0.15, -0.1) is 0 Å². The molecule has 1 aromatic heterocycles. The van der Waals surface area contributed by atoms with Gasteiger partial charge in [0.2, 0.25) is 0 Å². The van der Waals surface area contributed by atoms with E-state index in [4.69, 9.17) is 17.3 Å². The number of nitrogens with two attached hydrogens (primary N) is 1. The number of nitrogens with one attached hydrogen (secondary N) is 1. The zero-order chi connectivity index (χ0) is 14.8. The predicted molar refractivity (Wildman–Crippen MR) is 82.1 cm³/mol. The van der Waals surface area contributed by atoms with Gasteiger partial charge in [0.05, 0.1) is 15.2 Å². The van der Waals surface area contributed by atoms with Crippen molar-refractivity contribution in [3.8, 4) is 0 Å². The lowest BCUT2D eigenvalue weighted by Crippen LogP contribution is -2.15. The minimum absolute atomic E-state index is 0.0819. The number of rotatable bonds is 4. The molecule has 5 nitrogen and oxygen atoms in total. The quantitative estimate of drug-likeness (QED) is 0.859. The molecule has 0 saturated carbocycles. The van der Waals surface area contributed by atoms with Crippen molar-refractivity contribution in [2.75, 3.05) is 4.72 Å². The average Bonchev–Trinajstić information content (AvgIpc) is 2.44. The molecule has 0 fully saturated rings. The SMILES string of the molecule is NCc1ccc(S(=O)(=O)Nc2cccc(Cl)c2Br)nc1. The molecule has 3 N–H and O–H groups in total. The first-order valence-electron chi connectivity index (χ1n) is 5.56. The molecule has 0 radical (unpaired) electrons. The zero-order valence-electron chi connectivity index (χ0n) is 10.2. The van der Waals surface area contributed by atoms with Gasteiger partial charge in [-0.25, -0.2) is 4.98 Å². The first-order chi connectivity index (χ1) is 9.44. The molecule has 20 heavy (non-hydrogen) atoms. The Morgan fingerprint density at radius 1 is 1.30 bits per heavy atom. The Bertz CT molecular complexity index is 720. The molecule has 0 bridgehead atoms. The number of benzene rings is 1. The van der Waals surface area contributed by atoms with E-state index in [1.165, 1.54) is 12.3 Å². The lowest BCUT2D eigenvalue weighted by Gasteiger charge is -2.10. The van der Waals surface area contributed by atoms with Crippen LogP contribution in [-0.2, 0) is 16.6 Å². The molecule has 0 aliphatic rings. The summed E-state index contributed by atoms with van der Waals surface area (Å²) in [4.78, 5) is 3.89. The topological polar surface area (TPSA) is 85.1 Å². The van der Waals surface area contributed by atoms with Crippen molar-refractivity contribution >= 4 is 43.2 Å². The third kappa shape index (κ3) is 3.29. The van der Waals surface area contributed by atoms with Gasteiger partial charge in [-0.2, -0.15) is 8.42 Å². The van der Waals surface area contributed by atoms with Crippen LogP contribution in [0.4, 0.5) is 5.69 Å². The molecule has 1 aromatic carbocycles. The molecule has 0 unspecified atom stereocenters. The molecule has 0 atom stereocenters. The van der Waals surface area contributed by atoms with E-state index in [9.17, 15) is 8.42 Å². The van der Waals surface area contributed by atoms with Gasteiger partial charge in [0.15, 0.2) is 5.03 Å². The van der Waals surface area contributed by atoms with Crippen LogP contribution in [0, 0.1) is 0 Å². The summed E-state index contributed by atoms with van der Waals surface area (Å²) in [5.74, 6) is 0. The normalized spacial score (nSPS) is 11.3. The third-order valence-corrected chi connectivity index (χ3v) is 5.18. The molecule has 2 aromatic rings. The summed E-state index contributed by atoms with van der Waals surface area (Å²) >= 11 is 9.15. The van der Waals surface area contributed by atoms with Gasteiger partial charge in [-0.05, 0) is 39.7 Å². The second kappa shape index (κ2) is 6.09. The van der Waals surface area contributed by atoms with Crippen LogP contribution < -0.4 is 10.5 Å². The maximum absolute atomic E-state index is 12.2. The van der Waals surface area contributed by atoms with Crippen LogP contribution in [0.5, 0.6) is 0 Å². The molecule has 8 heteroatoms.